The number of likely N-dealkylation sites (tertiary alicyclic amines) is 1. The van der Waals surface area contributed by atoms with Crippen LogP contribution in [0.3, 0.4) is 0 Å². The summed E-state index contributed by atoms with van der Waals surface area (Å²) in [6.07, 6.45) is 1.92. The van der Waals surface area contributed by atoms with Crippen LogP contribution < -0.4 is 5.32 Å². The minimum Gasteiger partial charge on any atom is -0.440 e. The Morgan fingerprint density at radius 2 is 2.14 bits per heavy atom. The maximum atomic E-state index is 12.5. The zero-order valence-electron chi connectivity index (χ0n) is 16.1. The molecule has 3 aromatic rings. The lowest BCUT2D eigenvalue weighted by Crippen LogP contribution is -2.39. The number of piperidine rings is 1. The molecule has 1 amide bonds. The van der Waals surface area contributed by atoms with Gasteiger partial charge in [0, 0.05) is 18.5 Å². The second-order valence-electron chi connectivity index (χ2n) is 7.35. The van der Waals surface area contributed by atoms with Gasteiger partial charge in [-0.25, -0.2) is 4.98 Å². The maximum absolute atomic E-state index is 12.5. The molecule has 8 nitrogen and oxygen atoms in total. The molecule has 1 fully saturated rings. The zero-order chi connectivity index (χ0) is 20.4. The number of fused-ring (bicyclic) bond motifs is 1. The second kappa shape index (κ2) is 8.00. The van der Waals surface area contributed by atoms with Gasteiger partial charge in [0.25, 0.3) is 5.69 Å². The third kappa shape index (κ3) is 4.12. The van der Waals surface area contributed by atoms with Crippen LogP contribution in [0, 0.1) is 17.0 Å². The summed E-state index contributed by atoms with van der Waals surface area (Å²) in [4.78, 5) is 29.8. The van der Waals surface area contributed by atoms with Crippen LogP contribution in [0.4, 0.5) is 11.4 Å². The summed E-state index contributed by atoms with van der Waals surface area (Å²) in [5, 5.41) is 13.9. The lowest BCUT2D eigenvalue weighted by atomic mass is 9.98. The number of nitro groups is 1. The maximum Gasteiger partial charge on any atom is 0.274 e. The fourth-order valence-corrected chi connectivity index (χ4v) is 3.81. The first-order valence-electron chi connectivity index (χ1n) is 9.63. The molecule has 4 rings (SSSR count). The summed E-state index contributed by atoms with van der Waals surface area (Å²) in [6.45, 7) is 3.36. The van der Waals surface area contributed by atoms with E-state index in [4.69, 9.17) is 4.42 Å². The van der Waals surface area contributed by atoms with E-state index in [2.05, 4.69) is 15.2 Å². The number of para-hydroxylation sites is 2. The van der Waals surface area contributed by atoms with Crippen molar-refractivity contribution < 1.29 is 14.1 Å². The van der Waals surface area contributed by atoms with Crippen molar-refractivity contribution in [3.05, 3.63) is 64.0 Å². The first-order chi connectivity index (χ1) is 14.0. The Hall–Kier alpha value is -3.26. The average molecular weight is 394 g/mol. The Bertz CT molecular complexity index is 1030. The van der Waals surface area contributed by atoms with Crippen LogP contribution in [0.5, 0.6) is 0 Å². The molecule has 0 spiro atoms. The number of nitrogens with zero attached hydrogens (tertiary/aromatic N) is 3. The molecule has 1 aliphatic rings. The van der Waals surface area contributed by atoms with Crippen molar-refractivity contribution in [2.24, 2.45) is 0 Å². The predicted molar refractivity (Wildman–Crippen MR) is 109 cm³/mol. The molecule has 1 aliphatic heterocycles. The number of aromatic nitrogens is 1. The van der Waals surface area contributed by atoms with E-state index in [9.17, 15) is 14.9 Å². The molecule has 1 atom stereocenters. The predicted octanol–water partition coefficient (Wildman–Crippen LogP) is 3.86. The number of anilines is 1. The highest BCUT2D eigenvalue weighted by Gasteiger charge is 2.27. The summed E-state index contributed by atoms with van der Waals surface area (Å²) in [5.74, 6) is 0.668. The molecule has 2 heterocycles. The first kappa shape index (κ1) is 19.1. The van der Waals surface area contributed by atoms with Crippen molar-refractivity contribution in [3.8, 4) is 0 Å². The van der Waals surface area contributed by atoms with E-state index in [0.29, 0.717) is 23.7 Å². The molecule has 1 N–H and O–H groups in total. The van der Waals surface area contributed by atoms with Gasteiger partial charge in [0.2, 0.25) is 5.91 Å². The Morgan fingerprint density at radius 3 is 2.93 bits per heavy atom. The molecule has 0 bridgehead atoms. The van der Waals surface area contributed by atoms with Crippen molar-refractivity contribution in [1.29, 1.82) is 0 Å². The smallest absolute Gasteiger partial charge is 0.274 e. The van der Waals surface area contributed by atoms with Crippen molar-refractivity contribution in [2.75, 3.05) is 25.0 Å². The van der Waals surface area contributed by atoms with Crippen molar-refractivity contribution in [1.82, 2.24) is 9.88 Å². The molecule has 150 valence electrons. The first-order valence-corrected chi connectivity index (χ1v) is 9.63. The summed E-state index contributed by atoms with van der Waals surface area (Å²) in [5.41, 5.74) is 2.54. The molecule has 8 heteroatoms. The lowest BCUT2D eigenvalue weighted by molar-refractivity contribution is -0.385. The summed E-state index contributed by atoms with van der Waals surface area (Å²) < 4.78 is 5.91. The van der Waals surface area contributed by atoms with Crippen LogP contribution >= 0.6 is 0 Å². The third-order valence-electron chi connectivity index (χ3n) is 5.31. The minimum atomic E-state index is -0.444. The zero-order valence-corrected chi connectivity index (χ0v) is 16.1. The Labute approximate surface area is 167 Å². The molecule has 0 radical (unpaired) electrons. The largest absolute Gasteiger partial charge is 0.440 e. The van der Waals surface area contributed by atoms with Gasteiger partial charge < -0.3 is 9.73 Å². The topological polar surface area (TPSA) is 102 Å². The SMILES string of the molecule is Cc1c(NC(=O)CN2CCCC(c3nc4ccccc4o3)C2)cccc1[N+](=O)[O-]. The molecule has 1 unspecified atom stereocenters. The van der Waals surface area contributed by atoms with Crippen molar-refractivity contribution in [3.63, 3.8) is 0 Å². The molecular formula is C21H22N4O4. The number of rotatable bonds is 5. The van der Waals surface area contributed by atoms with Gasteiger partial charge in [-0.05, 0) is 44.5 Å². The van der Waals surface area contributed by atoms with Crippen LogP contribution in [-0.2, 0) is 4.79 Å². The monoisotopic (exact) mass is 394 g/mol. The fraction of sp³-hybridized carbons (Fsp3) is 0.333. The molecule has 0 saturated carbocycles. The lowest BCUT2D eigenvalue weighted by Gasteiger charge is -2.30. The third-order valence-corrected chi connectivity index (χ3v) is 5.31. The van der Waals surface area contributed by atoms with Gasteiger partial charge in [0.15, 0.2) is 11.5 Å². The molecule has 2 aromatic carbocycles. The Morgan fingerprint density at radius 1 is 1.31 bits per heavy atom. The number of amides is 1. The van der Waals surface area contributed by atoms with E-state index < -0.39 is 4.92 Å². The standard InChI is InChI=1S/C21H22N4O4/c1-14-16(8-4-9-18(14)25(27)28)22-20(26)13-24-11-5-6-15(12-24)21-23-17-7-2-3-10-19(17)29-21/h2-4,7-10,15H,5-6,11-13H2,1H3,(H,22,26). The van der Waals surface area contributed by atoms with E-state index in [0.717, 1.165) is 30.5 Å². The van der Waals surface area contributed by atoms with Crippen molar-refractivity contribution >= 4 is 28.4 Å². The highest BCUT2D eigenvalue weighted by molar-refractivity contribution is 5.93. The van der Waals surface area contributed by atoms with E-state index in [-0.39, 0.29) is 24.1 Å². The fourth-order valence-electron chi connectivity index (χ4n) is 3.81. The molecule has 1 aromatic heterocycles. The van der Waals surface area contributed by atoms with Crippen LogP contribution in [0.1, 0.15) is 30.2 Å². The summed E-state index contributed by atoms with van der Waals surface area (Å²) in [6, 6.07) is 12.4. The van der Waals surface area contributed by atoms with Crippen LogP contribution in [0.2, 0.25) is 0 Å². The van der Waals surface area contributed by atoms with Gasteiger partial charge in [0.1, 0.15) is 5.52 Å². The number of benzene rings is 2. The normalized spacial score (nSPS) is 17.3. The van der Waals surface area contributed by atoms with Gasteiger partial charge in [-0.3, -0.25) is 19.8 Å². The molecular weight excluding hydrogens is 372 g/mol. The summed E-state index contributed by atoms with van der Waals surface area (Å²) in [7, 11) is 0. The van der Waals surface area contributed by atoms with Gasteiger partial charge >= 0.3 is 0 Å². The van der Waals surface area contributed by atoms with E-state index >= 15 is 0 Å². The highest BCUT2D eigenvalue weighted by atomic mass is 16.6. The van der Waals surface area contributed by atoms with Crippen molar-refractivity contribution in [2.45, 2.75) is 25.7 Å². The number of carbonyl (C=O) groups excluding carboxylic acids is 1. The van der Waals surface area contributed by atoms with Crippen LogP contribution in [0.25, 0.3) is 11.1 Å². The number of hydrogen-bond acceptors (Lipinski definition) is 6. The van der Waals surface area contributed by atoms with E-state index in [1.807, 2.05) is 24.3 Å². The Kier molecular flexibility index (Phi) is 5.26. The summed E-state index contributed by atoms with van der Waals surface area (Å²) >= 11 is 0. The second-order valence-corrected chi connectivity index (χ2v) is 7.35. The quantitative estimate of drug-likeness (QED) is 0.521. The number of carbonyl (C=O) groups is 1. The number of nitrogens with one attached hydrogen (secondary N) is 1. The number of nitro benzene ring substituents is 1. The van der Waals surface area contributed by atoms with Crippen LogP contribution in [-0.4, -0.2) is 40.3 Å². The Balaban J connectivity index is 1.41. The molecule has 1 saturated heterocycles. The van der Waals surface area contributed by atoms with E-state index in [1.54, 1.807) is 19.1 Å². The average Bonchev–Trinajstić information content (AvgIpc) is 3.14. The molecule has 0 aliphatic carbocycles. The number of oxazole rings is 1. The highest BCUT2D eigenvalue weighted by Crippen LogP contribution is 2.29. The van der Waals surface area contributed by atoms with Gasteiger partial charge in [0.05, 0.1) is 22.7 Å². The van der Waals surface area contributed by atoms with Gasteiger partial charge in [-0.15, -0.1) is 0 Å². The van der Waals surface area contributed by atoms with Gasteiger partial charge in [-0.1, -0.05) is 18.2 Å². The number of hydrogen-bond donors (Lipinski definition) is 1. The van der Waals surface area contributed by atoms with E-state index in [1.165, 1.54) is 6.07 Å². The van der Waals surface area contributed by atoms with Crippen LogP contribution in [0.15, 0.2) is 46.9 Å². The van der Waals surface area contributed by atoms with Gasteiger partial charge in [-0.2, -0.15) is 0 Å². The molecule has 29 heavy (non-hydrogen) atoms. The minimum absolute atomic E-state index is 0.00297.